The van der Waals surface area contributed by atoms with Crippen molar-refractivity contribution in [3.63, 3.8) is 0 Å². The topological polar surface area (TPSA) is 15.3 Å². The molecule has 0 spiro atoms. The third-order valence-corrected chi connectivity index (χ3v) is 4.17. The summed E-state index contributed by atoms with van der Waals surface area (Å²) >= 11 is 5.76. The number of alkyl halides is 3. The van der Waals surface area contributed by atoms with Crippen LogP contribution in [0.1, 0.15) is 31.2 Å². The van der Waals surface area contributed by atoms with Gasteiger partial charge in [0.25, 0.3) is 0 Å². The Balaban J connectivity index is 1.92. The number of benzene rings is 1. The average Bonchev–Trinajstić information content (AvgIpc) is 2.39. The van der Waals surface area contributed by atoms with Gasteiger partial charge in [-0.1, -0.05) is 18.0 Å². The molecule has 0 radical (unpaired) electrons. The van der Waals surface area contributed by atoms with E-state index in [-0.39, 0.29) is 5.02 Å². The number of hydrogen-bond acceptors (Lipinski definition) is 2. The lowest BCUT2D eigenvalue weighted by molar-refractivity contribution is -0.137. The van der Waals surface area contributed by atoms with Gasteiger partial charge in [0, 0.05) is 23.3 Å². The van der Waals surface area contributed by atoms with E-state index in [1.165, 1.54) is 18.9 Å². The van der Waals surface area contributed by atoms with Crippen molar-refractivity contribution in [2.45, 2.75) is 37.9 Å². The quantitative estimate of drug-likeness (QED) is 0.869. The Hall–Kier alpha value is -0.940. The third kappa shape index (κ3) is 4.78. The van der Waals surface area contributed by atoms with Crippen LogP contribution in [0.25, 0.3) is 0 Å². The molecule has 21 heavy (non-hydrogen) atoms. The number of likely N-dealkylation sites (tertiary alicyclic amines) is 1. The van der Waals surface area contributed by atoms with Crippen molar-refractivity contribution in [3.8, 4) is 0 Å². The number of anilines is 1. The van der Waals surface area contributed by atoms with Gasteiger partial charge in [0.2, 0.25) is 0 Å². The zero-order valence-corrected chi connectivity index (χ0v) is 12.8. The van der Waals surface area contributed by atoms with Gasteiger partial charge < -0.3 is 10.2 Å². The average molecular weight is 321 g/mol. The number of nitrogens with zero attached hydrogens (tertiary/aromatic N) is 1. The summed E-state index contributed by atoms with van der Waals surface area (Å²) in [6, 6.07) is 4.09. The number of hydrogen-bond donors (Lipinski definition) is 1. The summed E-state index contributed by atoms with van der Waals surface area (Å²) in [6.07, 6.45) is 0.158. The van der Waals surface area contributed by atoms with E-state index < -0.39 is 11.7 Å². The van der Waals surface area contributed by atoms with Crippen LogP contribution in [0.4, 0.5) is 18.9 Å². The van der Waals surface area contributed by atoms with Crippen molar-refractivity contribution < 1.29 is 13.2 Å². The van der Waals surface area contributed by atoms with Crippen LogP contribution in [-0.4, -0.2) is 31.1 Å². The predicted molar refractivity (Wildman–Crippen MR) is 79.8 cm³/mol. The van der Waals surface area contributed by atoms with Gasteiger partial charge >= 0.3 is 6.18 Å². The largest absolute Gasteiger partial charge is 0.416 e. The Bertz CT molecular complexity index is 476. The second-order valence-corrected chi connectivity index (χ2v) is 6.01. The summed E-state index contributed by atoms with van der Waals surface area (Å²) in [5, 5.41) is 3.15. The van der Waals surface area contributed by atoms with E-state index in [0.29, 0.717) is 18.3 Å². The summed E-state index contributed by atoms with van der Waals surface area (Å²) in [5.41, 5.74) is -0.291. The lowest BCUT2D eigenvalue weighted by Crippen LogP contribution is -2.37. The molecule has 6 heteroatoms. The summed E-state index contributed by atoms with van der Waals surface area (Å²) < 4.78 is 38.2. The van der Waals surface area contributed by atoms with Crippen LogP contribution in [0, 0.1) is 0 Å². The van der Waals surface area contributed by atoms with E-state index >= 15 is 0 Å². The standard InChI is InChI=1S/C15H20ClF3N2/c1-21-7-3-2-4-14(21)5-6-20-13-9-11(15(17,18)19)8-12(16)10-13/h8-10,14,20H,2-7H2,1H3. The molecule has 1 aromatic rings. The maximum Gasteiger partial charge on any atom is 0.416 e. The minimum atomic E-state index is -4.37. The second-order valence-electron chi connectivity index (χ2n) is 5.57. The van der Waals surface area contributed by atoms with E-state index in [2.05, 4.69) is 17.3 Å². The van der Waals surface area contributed by atoms with Crippen molar-refractivity contribution in [2.24, 2.45) is 0 Å². The van der Waals surface area contributed by atoms with Crippen LogP contribution in [0.3, 0.4) is 0 Å². The van der Waals surface area contributed by atoms with E-state index in [0.717, 1.165) is 31.5 Å². The first-order valence-corrected chi connectivity index (χ1v) is 7.56. The Morgan fingerprint density at radius 3 is 2.71 bits per heavy atom. The first-order chi connectivity index (χ1) is 9.86. The molecule has 1 aromatic carbocycles. The second kappa shape index (κ2) is 6.88. The van der Waals surface area contributed by atoms with Crippen LogP contribution < -0.4 is 5.32 Å². The molecule has 118 valence electrons. The maximum atomic E-state index is 12.7. The molecular weight excluding hydrogens is 301 g/mol. The molecular formula is C15H20ClF3N2. The molecule has 1 heterocycles. The smallest absolute Gasteiger partial charge is 0.385 e. The number of nitrogens with one attached hydrogen (secondary N) is 1. The molecule has 1 atom stereocenters. The van der Waals surface area contributed by atoms with E-state index in [1.54, 1.807) is 0 Å². The molecule has 1 saturated heterocycles. The summed E-state index contributed by atoms with van der Waals surface area (Å²) in [6.45, 7) is 1.74. The summed E-state index contributed by atoms with van der Waals surface area (Å²) in [4.78, 5) is 2.32. The highest BCUT2D eigenvalue weighted by atomic mass is 35.5. The number of piperidine rings is 1. The summed E-state index contributed by atoms with van der Waals surface area (Å²) in [5.74, 6) is 0. The molecule has 1 unspecified atom stereocenters. The first-order valence-electron chi connectivity index (χ1n) is 7.18. The van der Waals surface area contributed by atoms with Gasteiger partial charge in [0.05, 0.1) is 5.56 Å². The van der Waals surface area contributed by atoms with E-state index in [1.807, 2.05) is 0 Å². The third-order valence-electron chi connectivity index (χ3n) is 3.95. The zero-order valence-electron chi connectivity index (χ0n) is 12.0. The molecule has 0 aliphatic carbocycles. The molecule has 0 amide bonds. The van der Waals surface area contributed by atoms with Crippen molar-refractivity contribution in [3.05, 3.63) is 28.8 Å². The maximum absolute atomic E-state index is 12.7. The molecule has 1 N–H and O–H groups in total. The van der Waals surface area contributed by atoms with Crippen molar-refractivity contribution in [2.75, 3.05) is 25.5 Å². The van der Waals surface area contributed by atoms with Crippen LogP contribution in [-0.2, 0) is 6.18 Å². The highest BCUT2D eigenvalue weighted by Gasteiger charge is 2.31. The van der Waals surface area contributed by atoms with Gasteiger partial charge in [-0.25, -0.2) is 0 Å². The highest BCUT2D eigenvalue weighted by Crippen LogP contribution is 2.33. The molecule has 0 bridgehead atoms. The van der Waals surface area contributed by atoms with E-state index in [4.69, 9.17) is 11.6 Å². The minimum Gasteiger partial charge on any atom is -0.385 e. The van der Waals surface area contributed by atoms with Crippen LogP contribution in [0.2, 0.25) is 5.02 Å². The van der Waals surface area contributed by atoms with Gasteiger partial charge in [-0.15, -0.1) is 0 Å². The molecule has 1 aliphatic heterocycles. The Morgan fingerprint density at radius 1 is 1.29 bits per heavy atom. The van der Waals surface area contributed by atoms with Crippen molar-refractivity contribution in [1.29, 1.82) is 0 Å². The first kappa shape index (κ1) is 16.4. The van der Waals surface area contributed by atoms with E-state index in [9.17, 15) is 13.2 Å². The number of rotatable bonds is 4. The Kier molecular flexibility index (Phi) is 5.38. The SMILES string of the molecule is CN1CCCCC1CCNc1cc(Cl)cc(C(F)(F)F)c1. The molecule has 1 aliphatic rings. The fourth-order valence-corrected chi connectivity index (χ4v) is 2.98. The van der Waals surface area contributed by atoms with Crippen LogP contribution >= 0.6 is 11.6 Å². The Labute approximate surface area is 128 Å². The number of halogens is 4. The molecule has 1 fully saturated rings. The van der Waals surface area contributed by atoms with Gasteiger partial charge in [0.1, 0.15) is 0 Å². The van der Waals surface area contributed by atoms with Gasteiger partial charge in [-0.3, -0.25) is 0 Å². The van der Waals surface area contributed by atoms with Gasteiger partial charge in [0.15, 0.2) is 0 Å². The normalized spacial score (nSPS) is 20.5. The molecule has 2 nitrogen and oxygen atoms in total. The van der Waals surface area contributed by atoms with Crippen molar-refractivity contribution in [1.82, 2.24) is 4.90 Å². The van der Waals surface area contributed by atoms with Crippen molar-refractivity contribution >= 4 is 17.3 Å². The molecule has 2 rings (SSSR count). The monoisotopic (exact) mass is 320 g/mol. The minimum absolute atomic E-state index is 0.0992. The molecule has 0 saturated carbocycles. The van der Waals surface area contributed by atoms with Gasteiger partial charge in [-0.2, -0.15) is 13.2 Å². The highest BCUT2D eigenvalue weighted by molar-refractivity contribution is 6.30. The predicted octanol–water partition coefficient (Wildman–Crippen LogP) is 4.65. The fourth-order valence-electron chi connectivity index (χ4n) is 2.75. The molecule has 0 aromatic heterocycles. The zero-order chi connectivity index (χ0) is 15.5. The van der Waals surface area contributed by atoms with Crippen LogP contribution in [0.5, 0.6) is 0 Å². The lowest BCUT2D eigenvalue weighted by atomic mass is 10.0. The fraction of sp³-hybridized carbons (Fsp3) is 0.600. The van der Waals surface area contributed by atoms with Crippen LogP contribution in [0.15, 0.2) is 18.2 Å². The van der Waals surface area contributed by atoms with Gasteiger partial charge in [-0.05, 0) is 51.1 Å². The summed E-state index contributed by atoms with van der Waals surface area (Å²) in [7, 11) is 2.10. The Morgan fingerprint density at radius 2 is 2.05 bits per heavy atom. The lowest BCUT2D eigenvalue weighted by Gasteiger charge is -2.32.